The lowest BCUT2D eigenvalue weighted by Gasteiger charge is -2.28. The Bertz CT molecular complexity index is 1010. The van der Waals surface area contributed by atoms with E-state index in [1.165, 1.54) is 25.0 Å². The van der Waals surface area contributed by atoms with Crippen molar-refractivity contribution in [3.8, 4) is 23.3 Å². The molecule has 0 bridgehead atoms. The first-order chi connectivity index (χ1) is 15.6. The van der Waals surface area contributed by atoms with Gasteiger partial charge in [-0.1, -0.05) is 11.8 Å². The molecule has 1 unspecified atom stereocenters. The van der Waals surface area contributed by atoms with E-state index in [9.17, 15) is 9.18 Å². The number of aromatic nitrogens is 1. The van der Waals surface area contributed by atoms with Gasteiger partial charge in [0, 0.05) is 49.3 Å². The van der Waals surface area contributed by atoms with Crippen LogP contribution in [0.3, 0.4) is 0 Å². The van der Waals surface area contributed by atoms with Crippen LogP contribution in [0.2, 0.25) is 0 Å². The second kappa shape index (κ2) is 10.3. The summed E-state index contributed by atoms with van der Waals surface area (Å²) < 4.78 is 19.7. The first-order valence-electron chi connectivity index (χ1n) is 11.0. The first-order valence-corrected chi connectivity index (χ1v) is 11.0. The Hall–Kier alpha value is -3.31. The highest BCUT2D eigenvalue weighted by Crippen LogP contribution is 2.27. The van der Waals surface area contributed by atoms with Gasteiger partial charge >= 0.3 is 6.03 Å². The molecule has 1 atom stereocenters. The highest BCUT2D eigenvalue weighted by molar-refractivity contribution is 5.75. The predicted molar refractivity (Wildman–Crippen MR) is 121 cm³/mol. The zero-order chi connectivity index (χ0) is 22.3. The zero-order valence-corrected chi connectivity index (χ0v) is 18.0. The second-order valence-electron chi connectivity index (χ2n) is 8.12. The molecule has 2 aliphatic rings. The van der Waals surface area contributed by atoms with Crippen LogP contribution in [-0.2, 0) is 0 Å². The van der Waals surface area contributed by atoms with Crippen LogP contribution < -0.4 is 15.8 Å². The summed E-state index contributed by atoms with van der Waals surface area (Å²) in [6.07, 6.45) is 7.68. The first kappa shape index (κ1) is 21.9. The third-order valence-electron chi connectivity index (χ3n) is 5.81. The fraction of sp³-hybridized carbons (Fsp3) is 0.417. The molecule has 2 amide bonds. The van der Waals surface area contributed by atoms with E-state index in [2.05, 4.69) is 27.0 Å². The summed E-state index contributed by atoms with van der Waals surface area (Å²) >= 11 is 0. The lowest BCUT2D eigenvalue weighted by Crippen LogP contribution is -2.47. The molecule has 2 fully saturated rings. The van der Waals surface area contributed by atoms with Gasteiger partial charge in [-0.3, -0.25) is 4.98 Å². The Morgan fingerprint density at radius 3 is 2.88 bits per heavy atom. The highest BCUT2D eigenvalue weighted by Gasteiger charge is 2.30. The Morgan fingerprint density at radius 1 is 1.22 bits per heavy atom. The Balaban J connectivity index is 1.33. The second-order valence-corrected chi connectivity index (χ2v) is 8.12. The Labute approximate surface area is 187 Å². The summed E-state index contributed by atoms with van der Waals surface area (Å²) in [5.41, 5.74) is 6.41. The van der Waals surface area contributed by atoms with Crippen LogP contribution in [0.25, 0.3) is 0 Å². The number of nitrogens with zero attached hydrogens (tertiary/aromatic N) is 3. The number of halogens is 1. The number of ether oxygens (including phenoxy) is 1. The van der Waals surface area contributed by atoms with Gasteiger partial charge in [0.25, 0.3) is 0 Å². The number of nitrogens with one attached hydrogen (secondary N) is 1. The normalized spacial score (nSPS) is 18.3. The van der Waals surface area contributed by atoms with Crippen molar-refractivity contribution in [3.05, 3.63) is 48.0 Å². The van der Waals surface area contributed by atoms with E-state index in [4.69, 9.17) is 10.5 Å². The lowest BCUT2D eigenvalue weighted by atomic mass is 10.2. The number of hydrogen-bond acceptors (Lipinski definition) is 5. The molecule has 8 heteroatoms. The van der Waals surface area contributed by atoms with E-state index in [0.717, 1.165) is 39.0 Å². The molecule has 0 radical (unpaired) electrons. The Kier molecular flexibility index (Phi) is 7.07. The minimum atomic E-state index is -0.554. The van der Waals surface area contributed by atoms with Crippen LogP contribution in [0.15, 0.2) is 36.7 Å². The molecule has 7 nitrogen and oxygen atoms in total. The molecular formula is C24H28FN5O2. The minimum Gasteiger partial charge on any atom is -0.453 e. The summed E-state index contributed by atoms with van der Waals surface area (Å²) in [5.74, 6) is 5.78. The van der Waals surface area contributed by atoms with Crippen molar-refractivity contribution >= 4 is 11.7 Å². The number of amides is 2. The number of anilines is 1. The van der Waals surface area contributed by atoms with Crippen molar-refractivity contribution in [1.29, 1.82) is 0 Å². The maximum absolute atomic E-state index is 14.1. The molecule has 0 aliphatic carbocycles. The molecule has 1 aromatic heterocycles. The van der Waals surface area contributed by atoms with Gasteiger partial charge in [-0.25, -0.2) is 9.18 Å². The van der Waals surface area contributed by atoms with Crippen LogP contribution in [0.4, 0.5) is 14.9 Å². The minimum absolute atomic E-state index is 0.0554. The molecule has 0 saturated carbocycles. The third kappa shape index (κ3) is 5.48. The number of benzene rings is 1. The van der Waals surface area contributed by atoms with Gasteiger partial charge in [0.05, 0.1) is 12.1 Å². The van der Waals surface area contributed by atoms with E-state index in [-0.39, 0.29) is 24.4 Å². The van der Waals surface area contributed by atoms with Crippen LogP contribution in [0.5, 0.6) is 11.5 Å². The number of likely N-dealkylation sites (tertiary alicyclic amines) is 2. The molecular weight excluding hydrogens is 409 g/mol. The summed E-state index contributed by atoms with van der Waals surface area (Å²) in [6.45, 7) is 4.21. The summed E-state index contributed by atoms with van der Waals surface area (Å²) in [5, 5.41) is 2.89. The maximum Gasteiger partial charge on any atom is 0.318 e. The SMILES string of the molecule is Nc1ccc(Oc2ccncc2C#CCNC(=O)N2CCCC2CN2CCCC2)c(F)c1. The van der Waals surface area contributed by atoms with Crippen molar-refractivity contribution in [2.75, 3.05) is 38.5 Å². The predicted octanol–water partition coefficient (Wildman–Crippen LogP) is 3.22. The van der Waals surface area contributed by atoms with Crippen molar-refractivity contribution in [2.24, 2.45) is 0 Å². The number of pyridine rings is 1. The summed E-state index contributed by atoms with van der Waals surface area (Å²) in [6, 6.07) is 6.05. The van der Waals surface area contributed by atoms with Gasteiger partial charge in [-0.2, -0.15) is 0 Å². The van der Waals surface area contributed by atoms with Crippen molar-refractivity contribution < 1.29 is 13.9 Å². The quantitative estimate of drug-likeness (QED) is 0.554. The molecule has 3 heterocycles. The van der Waals surface area contributed by atoms with E-state index >= 15 is 0 Å². The number of hydrogen-bond donors (Lipinski definition) is 2. The Morgan fingerprint density at radius 2 is 2.06 bits per heavy atom. The molecule has 168 valence electrons. The molecule has 32 heavy (non-hydrogen) atoms. The van der Waals surface area contributed by atoms with Gasteiger partial charge in [-0.05, 0) is 50.9 Å². The maximum atomic E-state index is 14.1. The molecule has 4 rings (SSSR count). The smallest absolute Gasteiger partial charge is 0.318 e. The van der Waals surface area contributed by atoms with Crippen molar-refractivity contribution in [3.63, 3.8) is 0 Å². The van der Waals surface area contributed by atoms with E-state index in [1.54, 1.807) is 24.5 Å². The van der Waals surface area contributed by atoms with E-state index in [1.807, 2.05) is 4.90 Å². The van der Waals surface area contributed by atoms with Gasteiger partial charge in [0.2, 0.25) is 0 Å². The average Bonchev–Trinajstić information content (AvgIpc) is 3.46. The molecule has 1 aromatic carbocycles. The lowest BCUT2D eigenvalue weighted by molar-refractivity contribution is 0.176. The molecule has 2 saturated heterocycles. The van der Waals surface area contributed by atoms with Crippen LogP contribution in [-0.4, -0.2) is 59.6 Å². The number of rotatable bonds is 5. The van der Waals surface area contributed by atoms with E-state index < -0.39 is 5.82 Å². The fourth-order valence-electron chi connectivity index (χ4n) is 4.20. The molecule has 2 aliphatic heterocycles. The van der Waals surface area contributed by atoms with Crippen LogP contribution >= 0.6 is 0 Å². The number of urea groups is 1. The van der Waals surface area contributed by atoms with Crippen molar-refractivity contribution in [1.82, 2.24) is 20.1 Å². The van der Waals surface area contributed by atoms with Gasteiger partial charge in [0.15, 0.2) is 11.6 Å². The van der Waals surface area contributed by atoms with Crippen molar-refractivity contribution in [2.45, 2.75) is 31.7 Å². The number of nitrogens with two attached hydrogens (primary N) is 1. The monoisotopic (exact) mass is 437 g/mol. The van der Waals surface area contributed by atoms with Gasteiger partial charge in [-0.15, -0.1) is 0 Å². The van der Waals surface area contributed by atoms with Crippen LogP contribution in [0.1, 0.15) is 31.2 Å². The third-order valence-corrected chi connectivity index (χ3v) is 5.81. The van der Waals surface area contributed by atoms with Gasteiger partial charge in [0.1, 0.15) is 5.75 Å². The summed E-state index contributed by atoms with van der Waals surface area (Å²) in [7, 11) is 0. The summed E-state index contributed by atoms with van der Waals surface area (Å²) in [4.78, 5) is 21.1. The highest BCUT2D eigenvalue weighted by atomic mass is 19.1. The zero-order valence-electron chi connectivity index (χ0n) is 18.0. The number of nitrogen functional groups attached to an aromatic ring is 1. The molecule has 2 aromatic rings. The largest absolute Gasteiger partial charge is 0.453 e. The fourth-order valence-corrected chi connectivity index (χ4v) is 4.20. The number of carbonyl (C=O) groups excluding carboxylic acids is 1. The topological polar surface area (TPSA) is 83.7 Å². The van der Waals surface area contributed by atoms with Gasteiger partial charge < -0.3 is 25.6 Å². The number of carbonyl (C=O) groups is 1. The standard InChI is InChI=1S/C24H28FN5O2/c25-21-15-19(26)7-8-23(21)32-22-9-11-27-16-18(22)5-3-10-28-24(31)30-14-4-6-20(30)17-29-12-1-2-13-29/h7-9,11,15-16,20H,1-2,4,6,10,12-14,17,26H2,(H,28,31). The molecule has 0 spiro atoms. The average molecular weight is 438 g/mol. The van der Waals surface area contributed by atoms with E-state index in [0.29, 0.717) is 17.0 Å². The van der Waals surface area contributed by atoms with Crippen LogP contribution in [0, 0.1) is 17.7 Å². The molecule has 3 N–H and O–H groups in total.